The third kappa shape index (κ3) is 4.56. The molecule has 1 aromatic heterocycles. The number of carbonyl (C=O) groups excluding carboxylic acids is 1. The predicted molar refractivity (Wildman–Crippen MR) is 100 cm³/mol. The Morgan fingerprint density at radius 1 is 0.966 bits per heavy atom. The molecule has 3 aromatic rings. The third-order valence-electron chi connectivity index (χ3n) is 4.14. The number of para-hydroxylation sites is 1. The van der Waals surface area contributed by atoms with Crippen molar-refractivity contribution >= 4 is 17.3 Å². The molecule has 10 nitrogen and oxygen atoms in total. The lowest BCUT2D eigenvalue weighted by molar-refractivity contribution is -0.394. The summed E-state index contributed by atoms with van der Waals surface area (Å²) < 4.78 is 5.27. The zero-order chi connectivity index (χ0) is 21.0. The summed E-state index contributed by atoms with van der Waals surface area (Å²) in [6.07, 6.45) is 1.43. The van der Waals surface area contributed by atoms with Crippen LogP contribution in [0.25, 0.3) is 0 Å². The molecule has 0 unspecified atom stereocenters. The van der Waals surface area contributed by atoms with E-state index in [2.05, 4.69) is 0 Å². The molecule has 0 aliphatic rings. The zero-order valence-electron chi connectivity index (χ0n) is 14.9. The van der Waals surface area contributed by atoms with E-state index in [1.54, 1.807) is 30.3 Å². The first-order valence-electron chi connectivity index (χ1n) is 8.37. The second-order valence-electron chi connectivity index (χ2n) is 6.12. The van der Waals surface area contributed by atoms with Gasteiger partial charge in [0.05, 0.1) is 40.8 Å². The second-order valence-corrected chi connectivity index (χ2v) is 6.12. The van der Waals surface area contributed by atoms with Gasteiger partial charge in [0.1, 0.15) is 11.5 Å². The number of hydrogen-bond donors (Lipinski definition) is 1. The average molecular weight is 397 g/mol. The Bertz CT molecular complexity index is 1030. The minimum atomic E-state index is -0.802. The van der Waals surface area contributed by atoms with Crippen LogP contribution in [0.2, 0.25) is 0 Å². The fourth-order valence-electron chi connectivity index (χ4n) is 2.75. The molecule has 0 aliphatic carbocycles. The predicted octanol–water partition coefficient (Wildman–Crippen LogP) is 3.64. The summed E-state index contributed by atoms with van der Waals surface area (Å²) in [5, 5.41) is 32.3. The largest absolute Gasteiger partial charge is 0.508 e. The average Bonchev–Trinajstić information content (AvgIpc) is 3.21. The van der Waals surface area contributed by atoms with Gasteiger partial charge in [-0.2, -0.15) is 0 Å². The van der Waals surface area contributed by atoms with Crippen molar-refractivity contribution in [3.05, 3.63) is 98.0 Å². The molecular formula is C19H15N3O7. The highest BCUT2D eigenvalue weighted by molar-refractivity contribution is 5.95. The van der Waals surface area contributed by atoms with Gasteiger partial charge in [-0.1, -0.05) is 18.2 Å². The van der Waals surface area contributed by atoms with Crippen LogP contribution in [0.5, 0.6) is 5.75 Å². The summed E-state index contributed by atoms with van der Waals surface area (Å²) in [6.45, 7) is -0.0423. The number of benzene rings is 2. The molecule has 1 amide bonds. The van der Waals surface area contributed by atoms with Crippen molar-refractivity contribution < 1.29 is 24.2 Å². The quantitative estimate of drug-likeness (QED) is 0.474. The van der Waals surface area contributed by atoms with Crippen LogP contribution < -0.4 is 0 Å². The SMILES string of the molecule is O=C(c1cc([N+](=O)[O-])cc([N+](=O)[O-])c1)N(Cc1ccco1)Cc1ccccc1O. The van der Waals surface area contributed by atoms with E-state index in [9.17, 15) is 30.1 Å². The van der Waals surface area contributed by atoms with Gasteiger partial charge in [0, 0.05) is 17.7 Å². The highest BCUT2D eigenvalue weighted by Gasteiger charge is 2.24. The molecular weight excluding hydrogens is 382 g/mol. The number of carbonyl (C=O) groups is 1. The molecule has 1 heterocycles. The molecule has 0 fully saturated rings. The molecule has 0 radical (unpaired) electrons. The number of rotatable bonds is 7. The van der Waals surface area contributed by atoms with Crippen LogP contribution in [0.4, 0.5) is 11.4 Å². The molecule has 2 aromatic carbocycles. The Morgan fingerprint density at radius 2 is 1.62 bits per heavy atom. The summed E-state index contributed by atoms with van der Waals surface area (Å²) in [7, 11) is 0. The van der Waals surface area contributed by atoms with E-state index in [1.165, 1.54) is 17.2 Å². The van der Waals surface area contributed by atoms with Gasteiger partial charge in [-0.25, -0.2) is 0 Å². The Balaban J connectivity index is 2.00. The molecule has 0 saturated heterocycles. The highest BCUT2D eigenvalue weighted by atomic mass is 16.6. The molecule has 0 spiro atoms. The lowest BCUT2D eigenvalue weighted by Crippen LogP contribution is -2.30. The van der Waals surface area contributed by atoms with Crippen molar-refractivity contribution in [1.82, 2.24) is 4.90 Å². The van der Waals surface area contributed by atoms with Crippen molar-refractivity contribution in [2.75, 3.05) is 0 Å². The zero-order valence-corrected chi connectivity index (χ0v) is 14.9. The fraction of sp³-hybridized carbons (Fsp3) is 0.105. The molecule has 1 N–H and O–H groups in total. The van der Waals surface area contributed by atoms with E-state index in [0.717, 1.165) is 18.2 Å². The summed E-state index contributed by atoms with van der Waals surface area (Å²) in [5.74, 6) is -0.278. The molecule has 0 bridgehead atoms. The number of phenolic OH excluding ortho intramolecular Hbond substituents is 1. The first kappa shape index (κ1) is 19.5. The topological polar surface area (TPSA) is 140 Å². The van der Waals surface area contributed by atoms with E-state index >= 15 is 0 Å². The molecule has 3 rings (SSSR count). The van der Waals surface area contributed by atoms with Crippen LogP contribution in [-0.4, -0.2) is 25.8 Å². The number of aromatic hydroxyl groups is 1. The van der Waals surface area contributed by atoms with Gasteiger partial charge in [0.2, 0.25) is 0 Å². The number of phenols is 1. The van der Waals surface area contributed by atoms with E-state index in [4.69, 9.17) is 4.42 Å². The standard InChI is InChI=1S/C19H15N3O7/c23-18-6-2-1-4-13(18)11-20(12-17-5-3-7-29-17)19(24)14-8-15(21(25)26)10-16(9-14)22(27)28/h1-10,23H,11-12H2. The summed E-state index contributed by atoms with van der Waals surface area (Å²) >= 11 is 0. The third-order valence-corrected chi connectivity index (χ3v) is 4.14. The smallest absolute Gasteiger partial charge is 0.277 e. The van der Waals surface area contributed by atoms with E-state index in [0.29, 0.717) is 11.3 Å². The highest BCUT2D eigenvalue weighted by Crippen LogP contribution is 2.26. The van der Waals surface area contributed by atoms with Crippen molar-refractivity contribution in [2.45, 2.75) is 13.1 Å². The summed E-state index contributed by atoms with van der Waals surface area (Å²) in [5.41, 5.74) is -0.911. The Labute approximate surface area is 163 Å². The fourth-order valence-corrected chi connectivity index (χ4v) is 2.75. The molecule has 29 heavy (non-hydrogen) atoms. The van der Waals surface area contributed by atoms with Crippen molar-refractivity contribution in [3.63, 3.8) is 0 Å². The maximum absolute atomic E-state index is 13.1. The van der Waals surface area contributed by atoms with Crippen LogP contribution in [0.15, 0.2) is 65.3 Å². The maximum Gasteiger partial charge on any atom is 0.277 e. The normalized spacial score (nSPS) is 10.5. The Morgan fingerprint density at radius 3 is 2.17 bits per heavy atom. The number of non-ortho nitro benzene ring substituents is 2. The second kappa shape index (κ2) is 8.21. The lowest BCUT2D eigenvalue weighted by Gasteiger charge is -2.22. The van der Waals surface area contributed by atoms with Gasteiger partial charge in [-0.3, -0.25) is 25.0 Å². The molecule has 10 heteroatoms. The first-order chi connectivity index (χ1) is 13.8. The van der Waals surface area contributed by atoms with Crippen LogP contribution in [0, 0.1) is 20.2 Å². The van der Waals surface area contributed by atoms with Gasteiger partial charge >= 0.3 is 0 Å². The molecule has 0 atom stereocenters. The number of nitrogens with zero attached hydrogens (tertiary/aromatic N) is 3. The van der Waals surface area contributed by atoms with Gasteiger partial charge in [-0.15, -0.1) is 0 Å². The van der Waals surface area contributed by atoms with Gasteiger partial charge in [-0.05, 0) is 18.2 Å². The number of furan rings is 1. The van der Waals surface area contributed by atoms with Crippen molar-refractivity contribution in [3.8, 4) is 5.75 Å². The molecule has 148 valence electrons. The van der Waals surface area contributed by atoms with Crippen LogP contribution >= 0.6 is 0 Å². The minimum Gasteiger partial charge on any atom is -0.508 e. The Hall–Kier alpha value is -4.21. The van der Waals surface area contributed by atoms with E-state index < -0.39 is 27.1 Å². The molecule has 0 aliphatic heterocycles. The minimum absolute atomic E-state index is 0.00332. The van der Waals surface area contributed by atoms with Crippen LogP contribution in [0.3, 0.4) is 0 Å². The van der Waals surface area contributed by atoms with Gasteiger partial charge in [0.25, 0.3) is 17.3 Å². The lowest BCUT2D eigenvalue weighted by atomic mass is 10.1. The monoisotopic (exact) mass is 397 g/mol. The van der Waals surface area contributed by atoms with Gasteiger partial charge in [0.15, 0.2) is 0 Å². The number of nitro groups is 2. The van der Waals surface area contributed by atoms with E-state index in [1.807, 2.05) is 0 Å². The van der Waals surface area contributed by atoms with E-state index in [-0.39, 0.29) is 24.4 Å². The molecule has 0 saturated carbocycles. The van der Waals surface area contributed by atoms with Gasteiger partial charge < -0.3 is 14.4 Å². The maximum atomic E-state index is 13.1. The van der Waals surface area contributed by atoms with Crippen molar-refractivity contribution in [2.24, 2.45) is 0 Å². The first-order valence-corrected chi connectivity index (χ1v) is 8.37. The number of hydrogen-bond acceptors (Lipinski definition) is 7. The van der Waals surface area contributed by atoms with Crippen LogP contribution in [0.1, 0.15) is 21.7 Å². The number of amides is 1. The van der Waals surface area contributed by atoms with Crippen molar-refractivity contribution in [1.29, 1.82) is 0 Å². The summed E-state index contributed by atoms with van der Waals surface area (Å²) in [4.78, 5) is 35.0. The summed E-state index contributed by atoms with van der Waals surface area (Å²) in [6, 6.07) is 12.4. The number of nitro benzene ring substituents is 2. The van der Waals surface area contributed by atoms with Crippen LogP contribution in [-0.2, 0) is 13.1 Å². The Kier molecular flexibility index (Phi) is 5.54.